The summed E-state index contributed by atoms with van der Waals surface area (Å²) in [5.74, 6) is 0.382. The lowest BCUT2D eigenvalue weighted by Gasteiger charge is -2.20. The minimum atomic E-state index is -0.759. The summed E-state index contributed by atoms with van der Waals surface area (Å²) in [6, 6.07) is 16.6. The van der Waals surface area contributed by atoms with E-state index in [4.69, 9.17) is 0 Å². The number of nitrogens with zero attached hydrogens (tertiary/aromatic N) is 2. The lowest BCUT2D eigenvalue weighted by Crippen LogP contribution is -2.44. The molecule has 2 atom stereocenters. The number of aliphatic hydroxyl groups is 1. The number of halogens is 1. The van der Waals surface area contributed by atoms with Crippen LogP contribution in [0.25, 0.3) is 0 Å². The lowest BCUT2D eigenvalue weighted by molar-refractivity contribution is 0.187. The van der Waals surface area contributed by atoms with E-state index in [1.165, 1.54) is 17.8 Å². The van der Waals surface area contributed by atoms with Crippen LogP contribution >= 0.6 is 0 Å². The van der Waals surface area contributed by atoms with Crippen molar-refractivity contribution in [2.24, 2.45) is 4.99 Å². The van der Waals surface area contributed by atoms with Crippen molar-refractivity contribution in [2.45, 2.75) is 25.5 Å². The summed E-state index contributed by atoms with van der Waals surface area (Å²) >= 11 is 0. The second-order valence-electron chi connectivity index (χ2n) is 6.70. The molecule has 5 nitrogen and oxygen atoms in total. The van der Waals surface area contributed by atoms with Crippen molar-refractivity contribution in [2.75, 3.05) is 31.1 Å². The van der Waals surface area contributed by atoms with Crippen molar-refractivity contribution in [1.82, 2.24) is 10.6 Å². The highest BCUT2D eigenvalue weighted by molar-refractivity contribution is 5.80. The van der Waals surface area contributed by atoms with Crippen LogP contribution in [0, 0.1) is 5.82 Å². The lowest BCUT2D eigenvalue weighted by atomic mass is 10.1. The first-order valence-corrected chi connectivity index (χ1v) is 9.44. The van der Waals surface area contributed by atoms with E-state index in [-0.39, 0.29) is 12.4 Å². The molecule has 2 aromatic rings. The predicted molar refractivity (Wildman–Crippen MR) is 108 cm³/mol. The largest absolute Gasteiger partial charge is 0.386 e. The van der Waals surface area contributed by atoms with Gasteiger partial charge < -0.3 is 20.6 Å². The maximum atomic E-state index is 13.0. The molecule has 0 bridgehead atoms. The average Bonchev–Trinajstić information content (AvgIpc) is 3.16. The number of anilines is 1. The standard InChI is InChI=1S/C21H27FN4O/c1-2-23-21(24-14-20(27)16-8-10-17(22)11-9-16)25-18-12-13-26(15-18)19-6-4-3-5-7-19/h3-11,18,20,27H,2,12-15H2,1H3,(H2,23,24,25). The topological polar surface area (TPSA) is 59.9 Å². The number of para-hydroxylation sites is 1. The molecule has 0 radical (unpaired) electrons. The quantitative estimate of drug-likeness (QED) is 0.541. The summed E-state index contributed by atoms with van der Waals surface area (Å²) in [6.45, 7) is 4.89. The van der Waals surface area contributed by atoms with Crippen molar-refractivity contribution in [1.29, 1.82) is 0 Å². The number of aliphatic hydroxyl groups excluding tert-OH is 1. The summed E-state index contributed by atoms with van der Waals surface area (Å²) in [5.41, 5.74) is 1.89. The molecule has 144 valence electrons. The van der Waals surface area contributed by atoms with E-state index in [1.54, 1.807) is 12.1 Å². The Bertz CT molecular complexity index is 736. The van der Waals surface area contributed by atoms with Gasteiger partial charge in [-0.15, -0.1) is 0 Å². The number of hydrogen-bond donors (Lipinski definition) is 3. The smallest absolute Gasteiger partial charge is 0.191 e. The van der Waals surface area contributed by atoms with Gasteiger partial charge in [-0.1, -0.05) is 30.3 Å². The molecular formula is C21H27FN4O. The fourth-order valence-electron chi connectivity index (χ4n) is 3.23. The molecule has 0 aromatic heterocycles. The fourth-order valence-corrected chi connectivity index (χ4v) is 3.23. The molecule has 0 aliphatic carbocycles. The van der Waals surface area contributed by atoms with Crippen LogP contribution in [0.15, 0.2) is 59.6 Å². The van der Waals surface area contributed by atoms with Crippen LogP contribution in [0.3, 0.4) is 0 Å². The molecule has 2 aromatic carbocycles. The highest BCUT2D eigenvalue weighted by atomic mass is 19.1. The Hall–Kier alpha value is -2.60. The molecule has 1 aliphatic heterocycles. The normalized spacial score (nSPS) is 18.4. The minimum absolute atomic E-state index is 0.218. The number of rotatable bonds is 6. The van der Waals surface area contributed by atoms with Crippen molar-refractivity contribution in [3.63, 3.8) is 0 Å². The van der Waals surface area contributed by atoms with Gasteiger partial charge in [-0.05, 0) is 43.2 Å². The van der Waals surface area contributed by atoms with E-state index < -0.39 is 6.10 Å². The van der Waals surface area contributed by atoms with Gasteiger partial charge in [0.1, 0.15) is 5.82 Å². The third-order valence-electron chi connectivity index (χ3n) is 4.67. The summed E-state index contributed by atoms with van der Waals surface area (Å²) < 4.78 is 13.0. The highest BCUT2D eigenvalue weighted by Crippen LogP contribution is 2.19. The first-order chi connectivity index (χ1) is 13.2. The number of aliphatic imine (C=N–C) groups is 1. The molecule has 0 saturated carbocycles. The summed E-state index contributed by atoms with van der Waals surface area (Å²) in [7, 11) is 0. The van der Waals surface area contributed by atoms with E-state index in [2.05, 4.69) is 44.8 Å². The van der Waals surface area contributed by atoms with Crippen LogP contribution < -0.4 is 15.5 Å². The molecule has 1 fully saturated rings. The van der Waals surface area contributed by atoms with Crippen molar-refractivity contribution >= 4 is 11.6 Å². The molecule has 0 spiro atoms. The average molecular weight is 370 g/mol. The third kappa shape index (κ3) is 5.44. The van der Waals surface area contributed by atoms with Gasteiger partial charge in [-0.25, -0.2) is 4.39 Å². The first kappa shape index (κ1) is 19.2. The SMILES string of the molecule is CCNC(=NCC(O)c1ccc(F)cc1)NC1CCN(c2ccccc2)C1. The molecule has 1 saturated heterocycles. The van der Waals surface area contributed by atoms with E-state index in [9.17, 15) is 9.50 Å². The molecule has 2 unspecified atom stereocenters. The molecule has 27 heavy (non-hydrogen) atoms. The Morgan fingerprint density at radius 1 is 1.22 bits per heavy atom. The van der Waals surface area contributed by atoms with Gasteiger partial charge >= 0.3 is 0 Å². The van der Waals surface area contributed by atoms with Crippen LogP contribution in [-0.2, 0) is 0 Å². The van der Waals surface area contributed by atoms with Crippen LogP contribution in [0.1, 0.15) is 25.0 Å². The monoisotopic (exact) mass is 370 g/mol. The number of hydrogen-bond acceptors (Lipinski definition) is 3. The molecule has 3 rings (SSSR count). The van der Waals surface area contributed by atoms with Gasteiger partial charge in [-0.3, -0.25) is 4.99 Å². The second-order valence-corrected chi connectivity index (χ2v) is 6.70. The number of guanidine groups is 1. The van der Waals surface area contributed by atoms with Gasteiger partial charge in [0.25, 0.3) is 0 Å². The van der Waals surface area contributed by atoms with E-state index >= 15 is 0 Å². The highest BCUT2D eigenvalue weighted by Gasteiger charge is 2.23. The third-order valence-corrected chi connectivity index (χ3v) is 4.67. The fraction of sp³-hybridized carbons (Fsp3) is 0.381. The minimum Gasteiger partial charge on any atom is -0.386 e. The summed E-state index contributed by atoms with van der Waals surface area (Å²) in [4.78, 5) is 6.86. The Morgan fingerprint density at radius 2 is 1.96 bits per heavy atom. The van der Waals surface area contributed by atoms with Gasteiger partial charge in [0.05, 0.1) is 12.6 Å². The predicted octanol–water partition coefficient (Wildman–Crippen LogP) is 2.69. The van der Waals surface area contributed by atoms with Crippen LogP contribution in [0.2, 0.25) is 0 Å². The zero-order chi connectivity index (χ0) is 19.1. The van der Waals surface area contributed by atoms with Crippen LogP contribution in [0.4, 0.5) is 10.1 Å². The van der Waals surface area contributed by atoms with Gasteiger partial charge in [0, 0.05) is 31.4 Å². The Labute approximate surface area is 159 Å². The van der Waals surface area contributed by atoms with Crippen molar-refractivity contribution in [3.05, 3.63) is 66.0 Å². The zero-order valence-corrected chi connectivity index (χ0v) is 15.6. The molecule has 0 amide bonds. The summed E-state index contributed by atoms with van der Waals surface area (Å²) in [6.07, 6.45) is 0.269. The molecule has 3 N–H and O–H groups in total. The van der Waals surface area contributed by atoms with Gasteiger partial charge in [-0.2, -0.15) is 0 Å². The van der Waals surface area contributed by atoms with E-state index in [0.29, 0.717) is 17.6 Å². The van der Waals surface area contributed by atoms with E-state index in [0.717, 1.165) is 26.1 Å². The van der Waals surface area contributed by atoms with Crippen molar-refractivity contribution in [3.8, 4) is 0 Å². The van der Waals surface area contributed by atoms with Crippen LogP contribution in [-0.4, -0.2) is 43.3 Å². The maximum Gasteiger partial charge on any atom is 0.191 e. The Morgan fingerprint density at radius 3 is 2.67 bits per heavy atom. The Kier molecular flexibility index (Phi) is 6.65. The van der Waals surface area contributed by atoms with Gasteiger partial charge in [0.2, 0.25) is 0 Å². The van der Waals surface area contributed by atoms with E-state index in [1.807, 2.05) is 13.0 Å². The number of benzene rings is 2. The maximum absolute atomic E-state index is 13.0. The molecule has 1 aliphatic rings. The Balaban J connectivity index is 1.57. The zero-order valence-electron chi connectivity index (χ0n) is 15.6. The van der Waals surface area contributed by atoms with Crippen LogP contribution in [0.5, 0.6) is 0 Å². The molecular weight excluding hydrogens is 343 g/mol. The van der Waals surface area contributed by atoms with Crippen molar-refractivity contribution < 1.29 is 9.50 Å². The van der Waals surface area contributed by atoms with Gasteiger partial charge in [0.15, 0.2) is 5.96 Å². The second kappa shape index (κ2) is 9.37. The summed E-state index contributed by atoms with van der Waals surface area (Å²) in [5, 5.41) is 17.0. The first-order valence-electron chi connectivity index (χ1n) is 9.44. The number of nitrogens with one attached hydrogen (secondary N) is 2. The molecule has 6 heteroatoms. The molecule has 1 heterocycles.